The Kier molecular flexibility index (Phi) is 2.41. The molecule has 2 rings (SSSR count). The molecule has 13 heavy (non-hydrogen) atoms. The quantitative estimate of drug-likeness (QED) is 0.642. The standard InChI is InChI=1S/C11H11FO/c12-11-5-1-3-9(7-11)10-4-2-6-13-8-10/h1,3-5,7H,2,6,8H2. The van der Waals surface area contributed by atoms with E-state index in [0.29, 0.717) is 6.61 Å². The summed E-state index contributed by atoms with van der Waals surface area (Å²) in [6.07, 6.45) is 3.03. The van der Waals surface area contributed by atoms with Crippen LogP contribution in [0.4, 0.5) is 4.39 Å². The molecule has 0 amide bonds. The zero-order chi connectivity index (χ0) is 9.10. The molecule has 0 aromatic heterocycles. The first-order valence-electron chi connectivity index (χ1n) is 4.39. The fourth-order valence-corrected chi connectivity index (χ4v) is 1.45. The molecule has 0 fully saturated rings. The lowest BCUT2D eigenvalue weighted by atomic mass is 10.0. The normalized spacial score (nSPS) is 16.8. The van der Waals surface area contributed by atoms with E-state index in [1.165, 1.54) is 6.07 Å². The molecule has 0 saturated heterocycles. The highest BCUT2D eigenvalue weighted by Gasteiger charge is 2.06. The highest BCUT2D eigenvalue weighted by atomic mass is 19.1. The Morgan fingerprint density at radius 3 is 2.92 bits per heavy atom. The molecular weight excluding hydrogens is 167 g/mol. The third-order valence-electron chi connectivity index (χ3n) is 2.11. The summed E-state index contributed by atoms with van der Waals surface area (Å²) in [7, 11) is 0. The van der Waals surface area contributed by atoms with E-state index in [9.17, 15) is 4.39 Å². The molecule has 0 N–H and O–H groups in total. The van der Waals surface area contributed by atoms with Gasteiger partial charge in [0, 0.05) is 0 Å². The predicted octanol–water partition coefficient (Wildman–Crippen LogP) is 2.63. The molecule has 0 unspecified atom stereocenters. The fraction of sp³-hybridized carbons (Fsp3) is 0.273. The first-order valence-corrected chi connectivity index (χ1v) is 4.39. The lowest BCUT2D eigenvalue weighted by Crippen LogP contribution is -2.05. The Hall–Kier alpha value is -1.15. The molecule has 0 bridgehead atoms. The Labute approximate surface area is 76.8 Å². The van der Waals surface area contributed by atoms with Gasteiger partial charge in [-0.15, -0.1) is 0 Å². The van der Waals surface area contributed by atoms with Gasteiger partial charge in [-0.25, -0.2) is 4.39 Å². The minimum Gasteiger partial charge on any atom is -0.376 e. The van der Waals surface area contributed by atoms with Gasteiger partial charge in [0.05, 0.1) is 13.2 Å². The van der Waals surface area contributed by atoms with Gasteiger partial charge in [-0.2, -0.15) is 0 Å². The Morgan fingerprint density at radius 2 is 2.23 bits per heavy atom. The van der Waals surface area contributed by atoms with Crippen LogP contribution < -0.4 is 0 Å². The van der Waals surface area contributed by atoms with E-state index >= 15 is 0 Å². The maximum absolute atomic E-state index is 12.9. The van der Waals surface area contributed by atoms with Crippen LogP contribution in [0.1, 0.15) is 12.0 Å². The highest BCUT2D eigenvalue weighted by molar-refractivity contribution is 5.66. The summed E-state index contributed by atoms with van der Waals surface area (Å²) in [5, 5.41) is 0. The van der Waals surface area contributed by atoms with Gasteiger partial charge in [0.2, 0.25) is 0 Å². The van der Waals surface area contributed by atoms with Crippen LogP contribution in [0.2, 0.25) is 0 Å². The van der Waals surface area contributed by atoms with Crippen LogP contribution >= 0.6 is 0 Å². The molecule has 1 aliphatic rings. The second kappa shape index (κ2) is 3.71. The number of hydrogen-bond donors (Lipinski definition) is 0. The van der Waals surface area contributed by atoms with E-state index in [-0.39, 0.29) is 5.82 Å². The summed E-state index contributed by atoms with van der Waals surface area (Å²) in [5.74, 6) is -0.191. The van der Waals surface area contributed by atoms with Gasteiger partial charge in [0.25, 0.3) is 0 Å². The molecule has 1 heterocycles. The molecular formula is C11H11FO. The van der Waals surface area contributed by atoms with Crippen molar-refractivity contribution in [2.24, 2.45) is 0 Å². The molecule has 0 aliphatic carbocycles. The minimum absolute atomic E-state index is 0.191. The van der Waals surface area contributed by atoms with Gasteiger partial charge < -0.3 is 4.74 Å². The van der Waals surface area contributed by atoms with Crippen LogP contribution in [0.5, 0.6) is 0 Å². The fourth-order valence-electron chi connectivity index (χ4n) is 1.45. The summed E-state index contributed by atoms with van der Waals surface area (Å²) >= 11 is 0. The number of rotatable bonds is 1. The molecule has 1 aromatic carbocycles. The highest BCUT2D eigenvalue weighted by Crippen LogP contribution is 2.19. The zero-order valence-electron chi connectivity index (χ0n) is 7.29. The second-order valence-electron chi connectivity index (χ2n) is 3.08. The average Bonchev–Trinajstić information content (AvgIpc) is 2.19. The second-order valence-corrected chi connectivity index (χ2v) is 3.08. The van der Waals surface area contributed by atoms with Crippen molar-refractivity contribution in [1.82, 2.24) is 0 Å². The topological polar surface area (TPSA) is 9.23 Å². The molecule has 1 aliphatic heterocycles. The summed E-state index contributed by atoms with van der Waals surface area (Å²) in [6.45, 7) is 1.38. The van der Waals surface area contributed by atoms with E-state index in [2.05, 4.69) is 6.08 Å². The monoisotopic (exact) mass is 178 g/mol. The van der Waals surface area contributed by atoms with Crippen molar-refractivity contribution in [3.63, 3.8) is 0 Å². The molecule has 1 aromatic rings. The van der Waals surface area contributed by atoms with Crippen LogP contribution in [-0.4, -0.2) is 13.2 Å². The first-order chi connectivity index (χ1) is 6.36. The number of hydrogen-bond acceptors (Lipinski definition) is 1. The van der Waals surface area contributed by atoms with Crippen molar-refractivity contribution in [2.45, 2.75) is 6.42 Å². The van der Waals surface area contributed by atoms with E-state index in [0.717, 1.165) is 24.2 Å². The van der Waals surface area contributed by atoms with Crippen molar-refractivity contribution in [1.29, 1.82) is 0 Å². The summed E-state index contributed by atoms with van der Waals surface area (Å²) in [6, 6.07) is 6.62. The van der Waals surface area contributed by atoms with E-state index in [1.807, 2.05) is 6.07 Å². The van der Waals surface area contributed by atoms with Crippen LogP contribution in [0, 0.1) is 5.82 Å². The third kappa shape index (κ3) is 1.95. The van der Waals surface area contributed by atoms with Crippen molar-refractivity contribution in [3.8, 4) is 0 Å². The Bertz CT molecular complexity index is 331. The van der Waals surface area contributed by atoms with Gasteiger partial charge in [-0.3, -0.25) is 0 Å². The average molecular weight is 178 g/mol. The van der Waals surface area contributed by atoms with Crippen molar-refractivity contribution < 1.29 is 9.13 Å². The van der Waals surface area contributed by atoms with Crippen LogP contribution in [0.3, 0.4) is 0 Å². The van der Waals surface area contributed by atoms with Crippen LogP contribution in [-0.2, 0) is 4.74 Å². The Balaban J connectivity index is 2.29. The van der Waals surface area contributed by atoms with E-state index < -0.39 is 0 Å². The van der Waals surface area contributed by atoms with Gasteiger partial charge in [0.15, 0.2) is 0 Å². The summed E-state index contributed by atoms with van der Waals surface area (Å²) in [5.41, 5.74) is 2.02. The SMILES string of the molecule is Fc1cccc(C2=CCCOC2)c1. The van der Waals surface area contributed by atoms with Gasteiger partial charge >= 0.3 is 0 Å². The molecule has 1 nitrogen and oxygen atoms in total. The minimum atomic E-state index is -0.191. The first kappa shape index (κ1) is 8.45. The van der Waals surface area contributed by atoms with Crippen molar-refractivity contribution >= 4 is 5.57 Å². The molecule has 0 spiro atoms. The third-order valence-corrected chi connectivity index (χ3v) is 2.11. The van der Waals surface area contributed by atoms with E-state index in [4.69, 9.17) is 4.74 Å². The van der Waals surface area contributed by atoms with Crippen LogP contribution in [0.25, 0.3) is 5.57 Å². The summed E-state index contributed by atoms with van der Waals surface area (Å²) in [4.78, 5) is 0. The maximum atomic E-state index is 12.9. The van der Waals surface area contributed by atoms with Gasteiger partial charge in [-0.05, 0) is 29.7 Å². The molecule has 0 saturated carbocycles. The van der Waals surface area contributed by atoms with Crippen molar-refractivity contribution in [2.75, 3.05) is 13.2 Å². The number of halogens is 1. The molecule has 68 valence electrons. The molecule has 0 atom stereocenters. The van der Waals surface area contributed by atoms with Gasteiger partial charge in [0.1, 0.15) is 5.82 Å². The van der Waals surface area contributed by atoms with Gasteiger partial charge in [-0.1, -0.05) is 18.2 Å². The summed E-state index contributed by atoms with van der Waals surface area (Å²) < 4.78 is 18.1. The number of ether oxygens (including phenoxy) is 1. The largest absolute Gasteiger partial charge is 0.376 e. The Morgan fingerprint density at radius 1 is 1.31 bits per heavy atom. The lowest BCUT2D eigenvalue weighted by molar-refractivity contribution is 0.164. The number of benzene rings is 1. The zero-order valence-corrected chi connectivity index (χ0v) is 7.29. The maximum Gasteiger partial charge on any atom is 0.123 e. The molecule has 0 radical (unpaired) electrons. The smallest absolute Gasteiger partial charge is 0.123 e. The lowest BCUT2D eigenvalue weighted by Gasteiger charge is -2.13. The van der Waals surface area contributed by atoms with E-state index in [1.54, 1.807) is 12.1 Å². The predicted molar refractivity (Wildman–Crippen MR) is 49.8 cm³/mol. The van der Waals surface area contributed by atoms with Crippen molar-refractivity contribution in [3.05, 3.63) is 41.7 Å². The van der Waals surface area contributed by atoms with Crippen LogP contribution in [0.15, 0.2) is 30.3 Å². The molecule has 2 heteroatoms.